The number of rotatable bonds is 2. The molecule has 2 N–H and O–H groups in total. The highest BCUT2D eigenvalue weighted by Gasteiger charge is 2.22. The lowest BCUT2D eigenvalue weighted by atomic mass is 9.91. The summed E-state index contributed by atoms with van der Waals surface area (Å²) in [6, 6.07) is 4.42. The fourth-order valence-corrected chi connectivity index (χ4v) is 2.61. The molecule has 1 atom stereocenters. The molecule has 2 heterocycles. The molecule has 14 heavy (non-hydrogen) atoms. The standard InChI is InChI=1S/C10H15NOS.ClH/c11-10(9-2-1-7-13-9)8-3-5-12-6-4-8;/h1-2,7-8,10H,3-6,11H2;1H. The summed E-state index contributed by atoms with van der Waals surface area (Å²) in [6.45, 7) is 1.76. The Labute approximate surface area is 94.9 Å². The third-order valence-electron chi connectivity index (χ3n) is 2.65. The van der Waals surface area contributed by atoms with Crippen molar-refractivity contribution < 1.29 is 4.74 Å². The first-order valence-corrected chi connectivity index (χ1v) is 5.62. The molecular formula is C10H16ClNOS. The molecule has 1 aliphatic heterocycles. The van der Waals surface area contributed by atoms with E-state index in [-0.39, 0.29) is 18.4 Å². The van der Waals surface area contributed by atoms with Crippen molar-refractivity contribution in [3.05, 3.63) is 22.4 Å². The van der Waals surface area contributed by atoms with Crippen LogP contribution in [0.15, 0.2) is 17.5 Å². The molecule has 80 valence electrons. The Morgan fingerprint density at radius 3 is 2.71 bits per heavy atom. The van der Waals surface area contributed by atoms with Crippen LogP contribution in [0.3, 0.4) is 0 Å². The lowest BCUT2D eigenvalue weighted by Gasteiger charge is -2.26. The van der Waals surface area contributed by atoms with Crippen LogP contribution < -0.4 is 5.73 Å². The molecule has 4 heteroatoms. The van der Waals surface area contributed by atoms with Crippen LogP contribution in [0.1, 0.15) is 23.8 Å². The van der Waals surface area contributed by atoms with E-state index in [2.05, 4.69) is 17.5 Å². The number of hydrogen-bond donors (Lipinski definition) is 1. The van der Waals surface area contributed by atoms with Crippen LogP contribution in [0.4, 0.5) is 0 Å². The van der Waals surface area contributed by atoms with Gasteiger partial charge in [0.05, 0.1) is 0 Å². The van der Waals surface area contributed by atoms with Gasteiger partial charge in [0.1, 0.15) is 0 Å². The number of hydrogen-bond acceptors (Lipinski definition) is 3. The maximum absolute atomic E-state index is 6.17. The van der Waals surface area contributed by atoms with E-state index in [4.69, 9.17) is 10.5 Å². The van der Waals surface area contributed by atoms with Gasteiger partial charge in [-0.3, -0.25) is 0 Å². The average Bonchev–Trinajstić information content (AvgIpc) is 2.71. The molecule has 1 fully saturated rings. The molecule has 1 aromatic heterocycles. The molecule has 0 radical (unpaired) electrons. The summed E-state index contributed by atoms with van der Waals surface area (Å²) >= 11 is 1.76. The normalized spacial score (nSPS) is 20.1. The van der Waals surface area contributed by atoms with Crippen molar-refractivity contribution in [1.29, 1.82) is 0 Å². The molecule has 0 saturated carbocycles. The summed E-state index contributed by atoms with van der Waals surface area (Å²) in [7, 11) is 0. The predicted octanol–water partition coefficient (Wildman–Crippen LogP) is 2.60. The van der Waals surface area contributed by atoms with Crippen molar-refractivity contribution in [2.45, 2.75) is 18.9 Å². The van der Waals surface area contributed by atoms with Gasteiger partial charge < -0.3 is 10.5 Å². The third kappa shape index (κ3) is 2.70. The van der Waals surface area contributed by atoms with Crippen molar-refractivity contribution in [3.63, 3.8) is 0 Å². The second-order valence-corrected chi connectivity index (χ2v) is 4.47. The van der Waals surface area contributed by atoms with E-state index in [9.17, 15) is 0 Å². The zero-order chi connectivity index (χ0) is 9.10. The van der Waals surface area contributed by atoms with Gasteiger partial charge in [-0.15, -0.1) is 23.7 Å². The molecule has 1 aliphatic rings. The van der Waals surface area contributed by atoms with Crippen molar-refractivity contribution in [2.24, 2.45) is 11.7 Å². The molecule has 0 spiro atoms. The fourth-order valence-electron chi connectivity index (χ4n) is 1.79. The highest BCUT2D eigenvalue weighted by molar-refractivity contribution is 7.10. The first-order valence-electron chi connectivity index (χ1n) is 4.74. The molecular weight excluding hydrogens is 218 g/mol. The minimum absolute atomic E-state index is 0. The van der Waals surface area contributed by atoms with Gasteiger partial charge >= 0.3 is 0 Å². The van der Waals surface area contributed by atoms with Gasteiger partial charge in [0, 0.05) is 24.1 Å². The van der Waals surface area contributed by atoms with Crippen molar-refractivity contribution in [2.75, 3.05) is 13.2 Å². The maximum Gasteiger partial charge on any atom is 0.0469 e. The van der Waals surface area contributed by atoms with Crippen LogP contribution in [0.5, 0.6) is 0 Å². The minimum Gasteiger partial charge on any atom is -0.381 e. The van der Waals surface area contributed by atoms with E-state index in [1.807, 2.05) is 0 Å². The van der Waals surface area contributed by atoms with Crippen LogP contribution in [-0.4, -0.2) is 13.2 Å². The molecule has 2 nitrogen and oxygen atoms in total. The van der Waals surface area contributed by atoms with Crippen molar-refractivity contribution in [1.82, 2.24) is 0 Å². The van der Waals surface area contributed by atoms with Gasteiger partial charge in [0.2, 0.25) is 0 Å². The van der Waals surface area contributed by atoms with E-state index in [0.29, 0.717) is 5.92 Å². The second-order valence-electron chi connectivity index (χ2n) is 3.49. The maximum atomic E-state index is 6.17. The third-order valence-corrected chi connectivity index (χ3v) is 3.62. The highest BCUT2D eigenvalue weighted by atomic mass is 35.5. The van der Waals surface area contributed by atoms with Crippen LogP contribution >= 0.6 is 23.7 Å². The molecule has 1 unspecified atom stereocenters. The Balaban J connectivity index is 0.000000980. The Bertz CT molecular complexity index is 247. The Kier molecular flexibility index (Phi) is 4.89. The summed E-state index contributed by atoms with van der Waals surface area (Å²) in [5.41, 5.74) is 6.17. The fraction of sp³-hybridized carbons (Fsp3) is 0.600. The Hall–Kier alpha value is -0.0900. The number of nitrogens with two attached hydrogens (primary N) is 1. The first-order chi connectivity index (χ1) is 6.38. The Morgan fingerprint density at radius 2 is 2.14 bits per heavy atom. The lowest BCUT2D eigenvalue weighted by molar-refractivity contribution is 0.0587. The first kappa shape index (κ1) is 12.0. The number of halogens is 1. The number of ether oxygens (including phenoxy) is 1. The Morgan fingerprint density at radius 1 is 1.43 bits per heavy atom. The van der Waals surface area contributed by atoms with Crippen LogP contribution in [0, 0.1) is 5.92 Å². The quantitative estimate of drug-likeness (QED) is 0.852. The van der Waals surface area contributed by atoms with Crippen LogP contribution in [-0.2, 0) is 4.74 Å². The van der Waals surface area contributed by atoms with E-state index >= 15 is 0 Å². The van der Waals surface area contributed by atoms with Gasteiger partial charge in [-0.2, -0.15) is 0 Å². The van der Waals surface area contributed by atoms with Gasteiger partial charge in [-0.05, 0) is 30.2 Å². The topological polar surface area (TPSA) is 35.2 Å². The summed E-state index contributed by atoms with van der Waals surface area (Å²) < 4.78 is 5.32. The SMILES string of the molecule is Cl.NC(c1cccs1)C1CCOCC1. The molecule has 0 aromatic carbocycles. The minimum atomic E-state index is 0. The molecule has 0 bridgehead atoms. The summed E-state index contributed by atoms with van der Waals surface area (Å²) in [6.07, 6.45) is 2.22. The molecule has 0 amide bonds. The predicted molar refractivity (Wildman–Crippen MR) is 62.0 cm³/mol. The highest BCUT2D eigenvalue weighted by Crippen LogP contribution is 2.30. The lowest BCUT2D eigenvalue weighted by Crippen LogP contribution is -2.26. The molecule has 1 aromatic rings. The molecule has 0 aliphatic carbocycles. The van der Waals surface area contributed by atoms with Gasteiger partial charge in [0.15, 0.2) is 0 Å². The monoisotopic (exact) mass is 233 g/mol. The second kappa shape index (κ2) is 5.71. The van der Waals surface area contributed by atoms with E-state index in [1.165, 1.54) is 4.88 Å². The number of thiophene rings is 1. The average molecular weight is 234 g/mol. The molecule has 1 saturated heterocycles. The van der Waals surface area contributed by atoms with E-state index in [1.54, 1.807) is 11.3 Å². The van der Waals surface area contributed by atoms with Crippen molar-refractivity contribution in [3.8, 4) is 0 Å². The summed E-state index contributed by atoms with van der Waals surface area (Å²) in [4.78, 5) is 1.31. The largest absolute Gasteiger partial charge is 0.381 e. The zero-order valence-electron chi connectivity index (χ0n) is 8.02. The van der Waals surface area contributed by atoms with Gasteiger partial charge in [-0.25, -0.2) is 0 Å². The molecule has 2 rings (SSSR count). The van der Waals surface area contributed by atoms with E-state index in [0.717, 1.165) is 26.1 Å². The van der Waals surface area contributed by atoms with Gasteiger partial charge in [-0.1, -0.05) is 6.07 Å². The smallest absolute Gasteiger partial charge is 0.0469 e. The zero-order valence-corrected chi connectivity index (χ0v) is 9.65. The van der Waals surface area contributed by atoms with Gasteiger partial charge in [0.25, 0.3) is 0 Å². The van der Waals surface area contributed by atoms with Crippen LogP contribution in [0.2, 0.25) is 0 Å². The summed E-state index contributed by atoms with van der Waals surface area (Å²) in [5.74, 6) is 0.618. The van der Waals surface area contributed by atoms with Crippen molar-refractivity contribution >= 4 is 23.7 Å². The van der Waals surface area contributed by atoms with E-state index < -0.39 is 0 Å². The summed E-state index contributed by atoms with van der Waals surface area (Å²) in [5, 5.41) is 2.09. The van der Waals surface area contributed by atoms with Crippen LogP contribution in [0.25, 0.3) is 0 Å².